The molecule has 17 heavy (non-hydrogen) atoms. The summed E-state index contributed by atoms with van der Waals surface area (Å²) >= 11 is 0. The molecule has 1 aromatic rings. The molecule has 0 radical (unpaired) electrons. The molecular formula is C15H22O2. The Morgan fingerprint density at radius 2 is 2.12 bits per heavy atom. The molecule has 0 fully saturated rings. The Labute approximate surface area is 104 Å². The molecular weight excluding hydrogens is 212 g/mol. The summed E-state index contributed by atoms with van der Waals surface area (Å²) in [5, 5.41) is 10.1. The summed E-state index contributed by atoms with van der Waals surface area (Å²) < 4.78 is 5.66. The number of hydrogen-bond donors (Lipinski definition) is 1. The van der Waals surface area contributed by atoms with Crippen molar-refractivity contribution in [2.24, 2.45) is 5.92 Å². The van der Waals surface area contributed by atoms with Gasteiger partial charge in [-0.05, 0) is 48.9 Å². The van der Waals surface area contributed by atoms with Gasteiger partial charge in [-0.25, -0.2) is 0 Å². The Bertz CT molecular complexity index is 385. The summed E-state index contributed by atoms with van der Waals surface area (Å²) in [5.41, 5.74) is 2.26. The van der Waals surface area contributed by atoms with Crippen LogP contribution in [0, 0.1) is 5.92 Å². The Morgan fingerprint density at radius 3 is 2.82 bits per heavy atom. The molecule has 2 heteroatoms. The summed E-state index contributed by atoms with van der Waals surface area (Å²) in [6.07, 6.45) is 2.80. The minimum absolute atomic E-state index is 0.271. The van der Waals surface area contributed by atoms with Crippen LogP contribution in [0.25, 0.3) is 0 Å². The van der Waals surface area contributed by atoms with E-state index in [1.165, 1.54) is 5.56 Å². The Hall–Kier alpha value is -1.02. The fourth-order valence-corrected chi connectivity index (χ4v) is 2.31. The van der Waals surface area contributed by atoms with E-state index in [-0.39, 0.29) is 12.2 Å². The average Bonchev–Trinajstić information content (AvgIpc) is 2.64. The highest BCUT2D eigenvalue weighted by molar-refractivity contribution is 5.41. The number of fused-ring (bicyclic) bond motifs is 1. The number of rotatable bonds is 4. The van der Waals surface area contributed by atoms with Crippen molar-refractivity contribution >= 4 is 0 Å². The molecule has 2 atom stereocenters. The van der Waals surface area contributed by atoms with E-state index < -0.39 is 0 Å². The lowest BCUT2D eigenvalue weighted by Gasteiger charge is -2.13. The van der Waals surface area contributed by atoms with Crippen LogP contribution in [0.5, 0.6) is 5.75 Å². The largest absolute Gasteiger partial charge is 0.490 e. The van der Waals surface area contributed by atoms with Gasteiger partial charge in [-0.2, -0.15) is 0 Å². The molecule has 2 rings (SSSR count). The molecule has 1 aromatic carbocycles. The molecule has 1 aliphatic rings. The van der Waals surface area contributed by atoms with Gasteiger partial charge in [0, 0.05) is 6.42 Å². The maximum absolute atomic E-state index is 10.1. The molecule has 1 aliphatic heterocycles. The quantitative estimate of drug-likeness (QED) is 0.864. The van der Waals surface area contributed by atoms with E-state index in [0.29, 0.717) is 5.92 Å². The third kappa shape index (κ3) is 3.01. The van der Waals surface area contributed by atoms with Crippen LogP contribution in [0.4, 0.5) is 0 Å². The van der Waals surface area contributed by atoms with E-state index in [2.05, 4.69) is 26.8 Å². The number of ether oxygens (including phenoxy) is 1. The van der Waals surface area contributed by atoms with E-state index >= 15 is 0 Å². The van der Waals surface area contributed by atoms with Crippen molar-refractivity contribution in [3.63, 3.8) is 0 Å². The molecule has 0 saturated carbocycles. The van der Waals surface area contributed by atoms with Crippen molar-refractivity contribution in [2.75, 3.05) is 0 Å². The highest BCUT2D eigenvalue weighted by atomic mass is 16.5. The molecule has 2 nitrogen and oxygen atoms in total. The Balaban J connectivity index is 2.05. The monoisotopic (exact) mass is 234 g/mol. The molecule has 0 aromatic heterocycles. The van der Waals surface area contributed by atoms with Gasteiger partial charge in [-0.1, -0.05) is 19.9 Å². The fraction of sp³-hybridized carbons (Fsp3) is 0.600. The Kier molecular flexibility index (Phi) is 3.72. The minimum atomic E-state index is -0.335. The van der Waals surface area contributed by atoms with Gasteiger partial charge >= 0.3 is 0 Å². The highest BCUT2D eigenvalue weighted by Crippen LogP contribution is 2.32. The zero-order chi connectivity index (χ0) is 12.4. The van der Waals surface area contributed by atoms with Gasteiger partial charge in [0.25, 0.3) is 0 Å². The lowest BCUT2D eigenvalue weighted by molar-refractivity contribution is 0.159. The SMILES string of the molecule is CC(C)CCC(O)c1ccc2c(c1)CC(C)O2. The normalized spacial score (nSPS) is 20.2. The third-order valence-electron chi connectivity index (χ3n) is 3.32. The molecule has 0 saturated heterocycles. The second-order valence-corrected chi connectivity index (χ2v) is 5.49. The van der Waals surface area contributed by atoms with Gasteiger partial charge in [-0.3, -0.25) is 0 Å². The first-order valence-corrected chi connectivity index (χ1v) is 6.54. The van der Waals surface area contributed by atoms with Crippen molar-refractivity contribution in [1.82, 2.24) is 0 Å². The van der Waals surface area contributed by atoms with Crippen LogP contribution in [0.15, 0.2) is 18.2 Å². The summed E-state index contributed by atoms with van der Waals surface area (Å²) in [7, 11) is 0. The topological polar surface area (TPSA) is 29.5 Å². The fourth-order valence-electron chi connectivity index (χ4n) is 2.31. The van der Waals surface area contributed by atoms with E-state index in [0.717, 1.165) is 30.6 Å². The van der Waals surface area contributed by atoms with Crippen LogP contribution >= 0.6 is 0 Å². The van der Waals surface area contributed by atoms with Gasteiger partial charge in [-0.15, -0.1) is 0 Å². The van der Waals surface area contributed by atoms with E-state index in [4.69, 9.17) is 4.74 Å². The van der Waals surface area contributed by atoms with Crippen LogP contribution in [-0.4, -0.2) is 11.2 Å². The van der Waals surface area contributed by atoms with Crippen molar-refractivity contribution in [2.45, 2.75) is 52.2 Å². The maximum atomic E-state index is 10.1. The smallest absolute Gasteiger partial charge is 0.123 e. The average molecular weight is 234 g/mol. The molecule has 1 heterocycles. The van der Waals surface area contributed by atoms with Crippen molar-refractivity contribution in [3.05, 3.63) is 29.3 Å². The zero-order valence-corrected chi connectivity index (χ0v) is 10.9. The summed E-state index contributed by atoms with van der Waals surface area (Å²) in [6.45, 7) is 6.45. The number of benzene rings is 1. The van der Waals surface area contributed by atoms with Crippen molar-refractivity contribution in [1.29, 1.82) is 0 Å². The standard InChI is InChI=1S/C15H22O2/c1-10(2)4-6-14(16)12-5-7-15-13(9-12)8-11(3)17-15/h5,7,9-11,14,16H,4,6,8H2,1-3H3. The van der Waals surface area contributed by atoms with E-state index in [9.17, 15) is 5.11 Å². The molecule has 94 valence electrons. The number of hydrogen-bond acceptors (Lipinski definition) is 2. The predicted octanol–water partition coefficient (Wildman–Crippen LogP) is 3.48. The second kappa shape index (κ2) is 5.09. The summed E-state index contributed by atoms with van der Waals surface area (Å²) in [6, 6.07) is 6.08. The van der Waals surface area contributed by atoms with Crippen molar-refractivity contribution in [3.8, 4) is 5.75 Å². The third-order valence-corrected chi connectivity index (χ3v) is 3.32. The first kappa shape index (κ1) is 12.4. The number of aliphatic hydroxyl groups excluding tert-OH is 1. The molecule has 2 unspecified atom stereocenters. The molecule has 0 spiro atoms. The van der Waals surface area contributed by atoms with Gasteiger partial charge in [0.1, 0.15) is 11.9 Å². The number of aliphatic hydroxyl groups is 1. The molecule has 0 aliphatic carbocycles. The minimum Gasteiger partial charge on any atom is -0.490 e. The van der Waals surface area contributed by atoms with Crippen LogP contribution in [0.2, 0.25) is 0 Å². The lowest BCUT2D eigenvalue weighted by atomic mass is 9.98. The van der Waals surface area contributed by atoms with Crippen LogP contribution in [0.3, 0.4) is 0 Å². The highest BCUT2D eigenvalue weighted by Gasteiger charge is 2.20. The first-order chi connectivity index (χ1) is 8.06. The summed E-state index contributed by atoms with van der Waals surface area (Å²) in [5.74, 6) is 1.62. The second-order valence-electron chi connectivity index (χ2n) is 5.49. The van der Waals surface area contributed by atoms with Crippen LogP contribution in [-0.2, 0) is 6.42 Å². The van der Waals surface area contributed by atoms with Gasteiger partial charge in [0.2, 0.25) is 0 Å². The summed E-state index contributed by atoms with van der Waals surface area (Å²) in [4.78, 5) is 0. The molecule has 1 N–H and O–H groups in total. The predicted molar refractivity (Wildman–Crippen MR) is 69.3 cm³/mol. The van der Waals surface area contributed by atoms with Gasteiger partial charge < -0.3 is 9.84 Å². The van der Waals surface area contributed by atoms with Gasteiger partial charge in [0.15, 0.2) is 0 Å². The molecule has 0 amide bonds. The first-order valence-electron chi connectivity index (χ1n) is 6.54. The molecule has 0 bridgehead atoms. The zero-order valence-electron chi connectivity index (χ0n) is 10.9. The lowest BCUT2D eigenvalue weighted by Crippen LogP contribution is -2.05. The Morgan fingerprint density at radius 1 is 1.35 bits per heavy atom. The van der Waals surface area contributed by atoms with Crippen molar-refractivity contribution < 1.29 is 9.84 Å². The van der Waals surface area contributed by atoms with Crippen LogP contribution < -0.4 is 4.74 Å². The van der Waals surface area contributed by atoms with E-state index in [1.54, 1.807) is 0 Å². The van der Waals surface area contributed by atoms with Crippen LogP contribution in [0.1, 0.15) is 50.8 Å². The maximum Gasteiger partial charge on any atom is 0.123 e. The van der Waals surface area contributed by atoms with E-state index in [1.807, 2.05) is 12.1 Å². The van der Waals surface area contributed by atoms with Gasteiger partial charge in [0.05, 0.1) is 6.10 Å².